The summed E-state index contributed by atoms with van der Waals surface area (Å²) in [6.45, 7) is 0. The van der Waals surface area contributed by atoms with E-state index >= 15 is 0 Å². The first-order chi connectivity index (χ1) is 12.8. The molecule has 0 fully saturated rings. The van der Waals surface area contributed by atoms with Gasteiger partial charge in [-0.2, -0.15) is 0 Å². The average Bonchev–Trinajstić information content (AvgIpc) is 2.57. The molecular formula is C12H6CaN4O10S2. The molecule has 0 bridgehead atoms. The third-order valence-corrected chi connectivity index (χ3v) is 4.79. The molecule has 148 valence electrons. The smallest absolute Gasteiger partial charge is 0.744 e. The molecule has 14 nitrogen and oxygen atoms in total. The average molecular weight is 470 g/mol. The Morgan fingerprint density at radius 3 is 1.24 bits per heavy atom. The maximum Gasteiger partial charge on any atom is 2.00 e. The first-order valence-corrected chi connectivity index (χ1v) is 9.53. The topological polar surface area (TPSA) is 225 Å². The van der Waals surface area contributed by atoms with Crippen molar-refractivity contribution in [1.82, 2.24) is 0 Å². The largest absolute Gasteiger partial charge is 2.00 e. The van der Waals surface area contributed by atoms with Gasteiger partial charge < -0.3 is 9.11 Å². The summed E-state index contributed by atoms with van der Waals surface area (Å²) in [4.78, 5) is 18.2. The van der Waals surface area contributed by atoms with Crippen LogP contribution in [0.2, 0.25) is 0 Å². The first kappa shape index (κ1) is 25.0. The van der Waals surface area contributed by atoms with Gasteiger partial charge in [-0.25, -0.2) is 16.8 Å². The predicted octanol–water partition coefficient (Wildman–Crippen LogP) is 1.35. The Bertz CT molecular complexity index is 1130. The zero-order valence-electron chi connectivity index (χ0n) is 13.9. The number of nitrogens with zero attached hydrogens (tertiary/aromatic N) is 4. The fraction of sp³-hybridized carbons (Fsp3) is 0. The third-order valence-electron chi connectivity index (χ3n) is 3.13. The van der Waals surface area contributed by atoms with E-state index in [1.807, 2.05) is 0 Å². The van der Waals surface area contributed by atoms with Gasteiger partial charge in [0.15, 0.2) is 11.4 Å². The van der Waals surface area contributed by atoms with Gasteiger partial charge in [0.05, 0.1) is 19.6 Å². The van der Waals surface area contributed by atoms with Crippen molar-refractivity contribution in [2.24, 2.45) is 10.2 Å². The van der Waals surface area contributed by atoms with Gasteiger partial charge >= 0.3 is 37.7 Å². The molecule has 0 aliphatic rings. The zero-order valence-corrected chi connectivity index (χ0v) is 17.7. The second-order valence-corrected chi connectivity index (χ2v) is 7.68. The minimum absolute atomic E-state index is 0. The number of nitro groups is 2. The summed E-state index contributed by atoms with van der Waals surface area (Å²) in [7, 11) is -9.96. The summed E-state index contributed by atoms with van der Waals surface area (Å²) in [5.41, 5.74) is -2.90. The molecule has 0 unspecified atom stereocenters. The Labute approximate surface area is 192 Å². The van der Waals surface area contributed by atoms with Crippen molar-refractivity contribution in [3.63, 3.8) is 0 Å². The van der Waals surface area contributed by atoms with E-state index in [1.54, 1.807) is 0 Å². The number of rotatable bonds is 6. The Balaban J connectivity index is 0.00000420. The van der Waals surface area contributed by atoms with E-state index < -0.39 is 62.6 Å². The normalized spacial score (nSPS) is 11.8. The second kappa shape index (κ2) is 9.16. The number of nitro benzene ring substituents is 2. The van der Waals surface area contributed by atoms with Crippen molar-refractivity contribution in [1.29, 1.82) is 0 Å². The van der Waals surface area contributed by atoms with Crippen molar-refractivity contribution in [2.45, 2.75) is 9.79 Å². The number of hydrogen-bond acceptors (Lipinski definition) is 12. The Hall–Kier alpha value is -2.08. The first-order valence-electron chi connectivity index (χ1n) is 6.71. The van der Waals surface area contributed by atoms with E-state index in [9.17, 15) is 46.2 Å². The quantitative estimate of drug-likeness (QED) is 0.193. The molecule has 2 aromatic carbocycles. The summed E-state index contributed by atoms with van der Waals surface area (Å²) >= 11 is 0. The zero-order chi connectivity index (χ0) is 21.3. The molecule has 0 aromatic heterocycles. The molecule has 0 atom stereocenters. The molecule has 2 aromatic rings. The molecule has 0 saturated carbocycles. The molecule has 0 amide bonds. The molecule has 2 rings (SSSR count). The van der Waals surface area contributed by atoms with Crippen molar-refractivity contribution >= 4 is 80.7 Å². The van der Waals surface area contributed by atoms with Crippen LogP contribution in [-0.2, 0) is 20.2 Å². The van der Waals surface area contributed by atoms with Crippen molar-refractivity contribution < 1.29 is 35.8 Å². The van der Waals surface area contributed by atoms with Gasteiger partial charge in [0.25, 0.3) is 11.4 Å². The minimum atomic E-state index is -4.98. The number of hydrogen-bond donors (Lipinski definition) is 0. The molecule has 0 aliphatic heterocycles. The molecule has 17 heteroatoms. The molecule has 0 aliphatic carbocycles. The Kier molecular flexibility index (Phi) is 7.88. The maximum atomic E-state index is 11.0. The van der Waals surface area contributed by atoms with Crippen LogP contribution < -0.4 is 0 Å². The number of azo groups is 1. The van der Waals surface area contributed by atoms with E-state index in [0.29, 0.717) is 12.1 Å². The van der Waals surface area contributed by atoms with Crippen molar-refractivity contribution in [2.75, 3.05) is 0 Å². The molecule has 0 N–H and O–H groups in total. The van der Waals surface area contributed by atoms with Crippen LogP contribution in [0, 0.1) is 20.2 Å². The predicted molar refractivity (Wildman–Crippen MR) is 92.0 cm³/mol. The standard InChI is InChI=1S/C12H8N4O10S2.Ca/c17-15(18)11-5-7(27(21,22)23)1-3-9(11)13-14-10-4-2-8(28(24,25)26)6-12(10)16(19)20;/h1-6H,(H,21,22,23)(H,24,25,26);/q;+2/p-2. The maximum absolute atomic E-state index is 11.0. The van der Waals surface area contributed by atoms with E-state index in [2.05, 4.69) is 10.2 Å². The Morgan fingerprint density at radius 1 is 0.690 bits per heavy atom. The van der Waals surface area contributed by atoms with Crippen LogP contribution in [0.1, 0.15) is 0 Å². The van der Waals surface area contributed by atoms with Crippen LogP contribution in [0.5, 0.6) is 0 Å². The van der Waals surface area contributed by atoms with Crippen LogP contribution in [-0.4, -0.2) is 73.5 Å². The van der Waals surface area contributed by atoms with Crippen LogP contribution in [0.4, 0.5) is 22.7 Å². The summed E-state index contributed by atoms with van der Waals surface area (Å²) < 4.78 is 65.7. The van der Waals surface area contributed by atoms with E-state index in [0.717, 1.165) is 24.3 Å². The SMILES string of the molecule is O=[N+]([O-])c1cc(S(=O)(=O)[O-])ccc1N=Nc1ccc(S(=O)(=O)[O-])cc1[N+](=O)[O-].[Ca+2]. The van der Waals surface area contributed by atoms with E-state index in [1.165, 1.54) is 0 Å². The fourth-order valence-corrected chi connectivity index (χ4v) is 2.87. The summed E-state index contributed by atoms with van der Waals surface area (Å²) in [6.07, 6.45) is 0. The van der Waals surface area contributed by atoms with E-state index in [4.69, 9.17) is 0 Å². The second-order valence-electron chi connectivity index (χ2n) is 4.92. The molecule has 0 heterocycles. The van der Waals surface area contributed by atoms with Crippen molar-refractivity contribution in [3.8, 4) is 0 Å². The summed E-state index contributed by atoms with van der Waals surface area (Å²) in [5.74, 6) is 0. The van der Waals surface area contributed by atoms with Gasteiger partial charge in [-0.15, -0.1) is 10.2 Å². The number of benzene rings is 2. The van der Waals surface area contributed by atoms with Crippen LogP contribution in [0.3, 0.4) is 0 Å². The van der Waals surface area contributed by atoms with E-state index in [-0.39, 0.29) is 37.7 Å². The molecule has 0 spiro atoms. The third kappa shape index (κ3) is 6.20. The van der Waals surface area contributed by atoms with Gasteiger partial charge in [-0.1, -0.05) is 0 Å². The van der Waals surface area contributed by atoms with Gasteiger partial charge in [0.2, 0.25) is 0 Å². The summed E-state index contributed by atoms with van der Waals surface area (Å²) in [6, 6.07) is 3.91. The van der Waals surface area contributed by atoms with Crippen LogP contribution >= 0.6 is 0 Å². The molecule has 29 heavy (non-hydrogen) atoms. The monoisotopic (exact) mass is 470 g/mol. The van der Waals surface area contributed by atoms with Gasteiger partial charge in [-0.05, 0) is 24.3 Å². The van der Waals surface area contributed by atoms with Crippen LogP contribution in [0.25, 0.3) is 0 Å². The fourth-order valence-electron chi connectivity index (χ4n) is 1.89. The minimum Gasteiger partial charge on any atom is -0.744 e. The van der Waals surface area contributed by atoms with Gasteiger partial charge in [0, 0.05) is 12.1 Å². The summed E-state index contributed by atoms with van der Waals surface area (Å²) in [5, 5.41) is 28.9. The van der Waals surface area contributed by atoms with Crippen molar-refractivity contribution in [3.05, 3.63) is 56.6 Å². The van der Waals surface area contributed by atoms with Gasteiger partial charge in [0.1, 0.15) is 20.2 Å². The Morgan fingerprint density at radius 2 is 1.00 bits per heavy atom. The van der Waals surface area contributed by atoms with Crippen LogP contribution in [0.15, 0.2) is 56.4 Å². The molecule has 0 saturated heterocycles. The molecular weight excluding hydrogens is 464 g/mol. The van der Waals surface area contributed by atoms with Gasteiger partial charge in [-0.3, -0.25) is 20.2 Å². The molecule has 0 radical (unpaired) electrons.